The molecule has 0 saturated heterocycles. The molecule has 1 aromatic heterocycles. The Bertz CT molecular complexity index is 748. The second-order valence-corrected chi connectivity index (χ2v) is 6.27. The van der Waals surface area contributed by atoms with Gasteiger partial charge in [0, 0.05) is 47.5 Å². The van der Waals surface area contributed by atoms with Gasteiger partial charge in [-0.3, -0.25) is 10.3 Å². The Morgan fingerprint density at radius 1 is 1.28 bits per heavy atom. The molecule has 3 rings (SSSR count). The van der Waals surface area contributed by atoms with E-state index in [4.69, 9.17) is 5.73 Å². The number of carbonyl (C=O) groups excluding carboxylic acids is 1. The number of nitrogens with two attached hydrogens (primary N) is 1. The van der Waals surface area contributed by atoms with E-state index in [1.54, 1.807) is 0 Å². The number of anilines is 2. The van der Waals surface area contributed by atoms with Crippen molar-refractivity contribution in [1.82, 2.24) is 4.98 Å². The van der Waals surface area contributed by atoms with Gasteiger partial charge in [0.2, 0.25) is 0 Å². The number of nitrogens with zero attached hydrogens (tertiary/aromatic N) is 1. The molecule has 1 amide bonds. The maximum Gasteiger partial charge on any atom is 0.411 e. The predicted molar refractivity (Wildman–Crippen MR) is 99.6 cm³/mol. The van der Waals surface area contributed by atoms with E-state index >= 15 is 0 Å². The fourth-order valence-corrected chi connectivity index (χ4v) is 3.05. The zero-order valence-electron chi connectivity index (χ0n) is 14.4. The van der Waals surface area contributed by atoms with Gasteiger partial charge >= 0.3 is 6.09 Å². The average molecular weight is 340 g/mol. The topological polar surface area (TPSA) is 89.3 Å². The second kappa shape index (κ2) is 7.98. The number of nitrogens with one attached hydrogen (secondary N) is 2. The summed E-state index contributed by atoms with van der Waals surface area (Å²) in [5.41, 5.74) is 11.1. The number of amides is 1. The lowest BCUT2D eigenvalue weighted by molar-refractivity contribution is 0.187. The molecule has 6 nitrogen and oxygen atoms in total. The Balaban J connectivity index is 1.99. The van der Waals surface area contributed by atoms with Crippen LogP contribution in [0.5, 0.6) is 0 Å². The third kappa shape index (κ3) is 4.28. The number of carbonyl (C=O) groups is 1. The van der Waals surface area contributed by atoms with E-state index in [2.05, 4.69) is 26.4 Å². The first-order valence-electron chi connectivity index (χ1n) is 8.61. The largest absolute Gasteiger partial charge is 0.453 e. The summed E-state index contributed by atoms with van der Waals surface area (Å²) in [4.78, 5) is 15.8. The van der Waals surface area contributed by atoms with Crippen LogP contribution in [0.3, 0.4) is 0 Å². The summed E-state index contributed by atoms with van der Waals surface area (Å²) in [7, 11) is 1.35. The maximum atomic E-state index is 11.5. The van der Waals surface area contributed by atoms with Crippen LogP contribution in [0, 0.1) is 0 Å². The first-order valence-corrected chi connectivity index (χ1v) is 8.61. The Labute approximate surface area is 147 Å². The van der Waals surface area contributed by atoms with Crippen molar-refractivity contribution in [2.75, 3.05) is 24.3 Å². The van der Waals surface area contributed by atoms with Crippen molar-refractivity contribution in [2.24, 2.45) is 5.73 Å². The van der Waals surface area contributed by atoms with Gasteiger partial charge in [0.25, 0.3) is 0 Å². The molecule has 1 aromatic carbocycles. The summed E-state index contributed by atoms with van der Waals surface area (Å²) in [5, 5.41) is 6.19. The number of pyridine rings is 1. The molecule has 0 fully saturated rings. The Morgan fingerprint density at radius 3 is 3.00 bits per heavy atom. The molecule has 1 aliphatic heterocycles. The van der Waals surface area contributed by atoms with Crippen LogP contribution in [0.25, 0.3) is 11.1 Å². The molecule has 1 atom stereocenters. The monoisotopic (exact) mass is 340 g/mol. The highest BCUT2D eigenvalue weighted by Crippen LogP contribution is 2.32. The number of hydrogen-bond donors (Lipinski definition) is 3. The summed E-state index contributed by atoms with van der Waals surface area (Å²) in [6, 6.07) is 7.88. The minimum atomic E-state index is -0.484. The zero-order chi connectivity index (χ0) is 17.6. The van der Waals surface area contributed by atoms with Gasteiger partial charge in [-0.1, -0.05) is 18.9 Å². The standard InChI is InChI=1S/C19H24N4O2/c1-25-19(24)23-15-6-7-16-13-9-14(12-21-11-13)17(20)5-3-2-4-8-22-18(16)10-15/h6-7,9-12,17,22H,2-5,8,20H2,1H3,(H,23,24)/t17-/m0/s1. The lowest BCUT2D eigenvalue weighted by Gasteiger charge is -2.18. The van der Waals surface area contributed by atoms with Gasteiger partial charge < -0.3 is 15.8 Å². The van der Waals surface area contributed by atoms with Gasteiger partial charge in [0.05, 0.1) is 7.11 Å². The highest BCUT2D eigenvalue weighted by molar-refractivity contribution is 5.88. The van der Waals surface area contributed by atoms with Crippen LogP contribution in [0.4, 0.5) is 16.2 Å². The first-order chi connectivity index (χ1) is 12.2. The Kier molecular flexibility index (Phi) is 5.50. The molecule has 2 heterocycles. The third-order valence-corrected chi connectivity index (χ3v) is 4.46. The van der Waals surface area contributed by atoms with E-state index in [1.807, 2.05) is 30.6 Å². The number of hydrogen-bond acceptors (Lipinski definition) is 5. The van der Waals surface area contributed by atoms with Gasteiger partial charge in [-0.2, -0.15) is 0 Å². The van der Waals surface area contributed by atoms with Crippen LogP contribution in [-0.2, 0) is 4.74 Å². The second-order valence-electron chi connectivity index (χ2n) is 6.27. The number of rotatable bonds is 1. The van der Waals surface area contributed by atoms with Gasteiger partial charge in [-0.05, 0) is 36.6 Å². The number of benzene rings is 1. The zero-order valence-corrected chi connectivity index (χ0v) is 14.4. The minimum absolute atomic E-state index is 0.0172. The van der Waals surface area contributed by atoms with E-state index < -0.39 is 6.09 Å². The molecule has 0 spiro atoms. The van der Waals surface area contributed by atoms with Crippen molar-refractivity contribution in [3.8, 4) is 11.1 Å². The molecule has 6 heteroatoms. The lowest BCUT2D eigenvalue weighted by Crippen LogP contribution is -2.13. The van der Waals surface area contributed by atoms with Crippen molar-refractivity contribution < 1.29 is 9.53 Å². The van der Waals surface area contributed by atoms with E-state index in [0.717, 1.165) is 54.6 Å². The minimum Gasteiger partial charge on any atom is -0.453 e. The fourth-order valence-electron chi connectivity index (χ4n) is 3.05. The van der Waals surface area contributed by atoms with Gasteiger partial charge in [-0.15, -0.1) is 0 Å². The average Bonchev–Trinajstić information content (AvgIpc) is 2.63. The molecular formula is C19H24N4O2. The van der Waals surface area contributed by atoms with Crippen LogP contribution >= 0.6 is 0 Å². The van der Waals surface area contributed by atoms with Crippen molar-refractivity contribution in [2.45, 2.75) is 31.7 Å². The number of methoxy groups -OCH3 is 1. The van der Waals surface area contributed by atoms with Crippen LogP contribution in [0.15, 0.2) is 36.7 Å². The highest BCUT2D eigenvalue weighted by Gasteiger charge is 2.13. The molecular weight excluding hydrogens is 316 g/mol. The molecule has 0 radical (unpaired) electrons. The Hall–Kier alpha value is -2.60. The molecule has 2 aromatic rings. The third-order valence-electron chi connectivity index (χ3n) is 4.46. The maximum absolute atomic E-state index is 11.5. The van der Waals surface area contributed by atoms with Crippen LogP contribution < -0.4 is 16.4 Å². The lowest BCUT2D eigenvalue weighted by atomic mass is 9.97. The van der Waals surface area contributed by atoms with E-state index in [-0.39, 0.29) is 6.04 Å². The quantitative estimate of drug-likeness (QED) is 0.732. The van der Waals surface area contributed by atoms with Crippen LogP contribution in [0.2, 0.25) is 0 Å². The van der Waals surface area contributed by atoms with E-state index in [0.29, 0.717) is 5.69 Å². The SMILES string of the molecule is COC(=O)Nc1ccc2c(c1)NCCCCC[C@H](N)c1cncc-2c1. The fraction of sp³-hybridized carbons (Fsp3) is 0.368. The molecule has 0 unspecified atom stereocenters. The predicted octanol–water partition coefficient (Wildman–Crippen LogP) is 3.91. The number of fused-ring (bicyclic) bond motifs is 4. The van der Waals surface area contributed by atoms with Gasteiger partial charge in [-0.25, -0.2) is 4.79 Å². The summed E-state index contributed by atoms with van der Waals surface area (Å²) < 4.78 is 4.66. The van der Waals surface area contributed by atoms with Gasteiger partial charge in [0.1, 0.15) is 0 Å². The molecule has 4 N–H and O–H groups in total. The molecule has 132 valence electrons. The molecule has 2 bridgehead atoms. The van der Waals surface area contributed by atoms with Crippen LogP contribution in [0.1, 0.15) is 37.3 Å². The first kappa shape index (κ1) is 17.2. The molecule has 25 heavy (non-hydrogen) atoms. The van der Waals surface area contributed by atoms with Crippen molar-refractivity contribution in [3.63, 3.8) is 0 Å². The van der Waals surface area contributed by atoms with Crippen molar-refractivity contribution >= 4 is 17.5 Å². The van der Waals surface area contributed by atoms with E-state index in [9.17, 15) is 4.79 Å². The number of aromatic nitrogens is 1. The van der Waals surface area contributed by atoms with Gasteiger partial charge in [0.15, 0.2) is 0 Å². The Morgan fingerprint density at radius 2 is 2.16 bits per heavy atom. The molecule has 1 aliphatic rings. The molecule has 0 aliphatic carbocycles. The highest BCUT2D eigenvalue weighted by atomic mass is 16.5. The van der Waals surface area contributed by atoms with Crippen LogP contribution in [-0.4, -0.2) is 24.7 Å². The van der Waals surface area contributed by atoms with E-state index in [1.165, 1.54) is 7.11 Å². The summed E-state index contributed by atoms with van der Waals surface area (Å²) in [6.45, 7) is 0.872. The number of ether oxygens (including phenoxy) is 1. The van der Waals surface area contributed by atoms with Crippen molar-refractivity contribution in [3.05, 3.63) is 42.2 Å². The summed E-state index contributed by atoms with van der Waals surface area (Å²) in [6.07, 6.45) is 7.48. The normalized spacial score (nSPS) is 17.3. The molecule has 0 saturated carbocycles. The smallest absolute Gasteiger partial charge is 0.411 e. The summed E-state index contributed by atoms with van der Waals surface area (Å²) >= 11 is 0. The van der Waals surface area contributed by atoms with Crippen molar-refractivity contribution in [1.29, 1.82) is 0 Å². The summed E-state index contributed by atoms with van der Waals surface area (Å²) in [5.74, 6) is 0.